The van der Waals surface area contributed by atoms with Gasteiger partial charge in [-0.3, -0.25) is 4.79 Å². The Kier molecular flexibility index (Phi) is 4.05. The molecule has 0 aliphatic carbocycles. The molecule has 2 atom stereocenters. The monoisotopic (exact) mass is 336 g/mol. The summed E-state index contributed by atoms with van der Waals surface area (Å²) in [7, 11) is 0. The molecule has 1 amide bonds. The van der Waals surface area contributed by atoms with Gasteiger partial charge in [-0.15, -0.1) is 0 Å². The van der Waals surface area contributed by atoms with Crippen molar-refractivity contribution in [2.45, 2.75) is 32.7 Å². The molecule has 0 unspecified atom stereocenters. The van der Waals surface area contributed by atoms with Crippen molar-refractivity contribution in [1.29, 1.82) is 5.26 Å². The second kappa shape index (κ2) is 5.45. The Labute approximate surface area is 127 Å². The summed E-state index contributed by atoms with van der Waals surface area (Å²) in [5.74, 6) is 0.210. The molecule has 0 saturated heterocycles. The van der Waals surface area contributed by atoms with Gasteiger partial charge in [-0.2, -0.15) is 5.26 Å². The van der Waals surface area contributed by atoms with Crippen LogP contribution in [0, 0.1) is 16.7 Å². The summed E-state index contributed by atoms with van der Waals surface area (Å²) in [6.07, 6.45) is 0. The Bertz CT molecular complexity index is 572. The predicted molar refractivity (Wildman–Crippen MR) is 79.4 cm³/mol. The Hall–Kier alpha value is -1.54. The lowest BCUT2D eigenvalue weighted by Crippen LogP contribution is -2.44. The van der Waals surface area contributed by atoms with Crippen LogP contribution in [0.4, 0.5) is 0 Å². The summed E-state index contributed by atoms with van der Waals surface area (Å²) < 4.78 is 6.43. The Balaban J connectivity index is 2.17. The second-order valence-electron chi connectivity index (χ2n) is 5.98. The van der Waals surface area contributed by atoms with Gasteiger partial charge in [-0.1, -0.05) is 36.7 Å². The summed E-state index contributed by atoms with van der Waals surface area (Å²) in [5.41, 5.74) is 0.562. The highest BCUT2D eigenvalue weighted by molar-refractivity contribution is 9.10. The number of hydrogen-bond acceptors (Lipinski definition) is 3. The molecule has 0 radical (unpaired) electrons. The summed E-state index contributed by atoms with van der Waals surface area (Å²) in [6, 6.07) is 7.25. The van der Waals surface area contributed by atoms with Gasteiger partial charge in [0, 0.05) is 10.0 Å². The molecule has 20 heavy (non-hydrogen) atoms. The first kappa shape index (κ1) is 14.9. The van der Waals surface area contributed by atoms with Crippen LogP contribution < -0.4 is 10.1 Å². The molecule has 1 N–H and O–H groups in total. The van der Waals surface area contributed by atoms with E-state index < -0.39 is 6.04 Å². The van der Waals surface area contributed by atoms with Crippen LogP contribution >= 0.6 is 15.9 Å². The molecule has 2 rings (SSSR count). The molecule has 0 fully saturated rings. The fraction of sp³-hybridized carbons (Fsp3) is 0.467. The number of rotatable bonds is 2. The number of nitrogens with zero attached hydrogens (tertiary/aromatic N) is 1. The number of nitriles is 1. The highest BCUT2D eigenvalue weighted by Crippen LogP contribution is 2.36. The number of ether oxygens (including phenoxy) is 1. The van der Waals surface area contributed by atoms with Gasteiger partial charge in [0.1, 0.15) is 24.3 Å². The standard InChI is InChI=1S/C15H17BrN2O2/c1-15(2,3)13(7-17)18-14(19)11-8-20-12-5-4-9(16)6-10(11)12/h4-6,11,13H,8H2,1-3H3,(H,18,19)/t11-,13-/m0/s1. The van der Waals surface area contributed by atoms with Gasteiger partial charge in [0.15, 0.2) is 0 Å². The number of carbonyl (C=O) groups is 1. The number of benzene rings is 1. The van der Waals surface area contributed by atoms with Crippen molar-refractivity contribution >= 4 is 21.8 Å². The van der Waals surface area contributed by atoms with E-state index in [4.69, 9.17) is 4.74 Å². The number of carbonyl (C=O) groups excluding carboxylic acids is 1. The summed E-state index contributed by atoms with van der Waals surface area (Å²) >= 11 is 3.40. The van der Waals surface area contributed by atoms with Gasteiger partial charge in [0.25, 0.3) is 0 Å². The van der Waals surface area contributed by atoms with Crippen molar-refractivity contribution in [1.82, 2.24) is 5.32 Å². The average molecular weight is 337 g/mol. The SMILES string of the molecule is CC(C)(C)[C@H](C#N)NC(=O)[C@H]1COc2ccc(Br)cc21. The van der Waals surface area contributed by atoms with E-state index in [0.717, 1.165) is 15.8 Å². The van der Waals surface area contributed by atoms with Crippen LogP contribution in [0.25, 0.3) is 0 Å². The van der Waals surface area contributed by atoms with Crippen molar-refractivity contribution in [2.75, 3.05) is 6.61 Å². The minimum atomic E-state index is -0.522. The smallest absolute Gasteiger partial charge is 0.232 e. The van der Waals surface area contributed by atoms with E-state index in [2.05, 4.69) is 27.3 Å². The van der Waals surface area contributed by atoms with Crippen LogP contribution in [0.2, 0.25) is 0 Å². The van der Waals surface area contributed by atoms with Crippen LogP contribution in [-0.2, 0) is 4.79 Å². The van der Waals surface area contributed by atoms with E-state index in [1.165, 1.54) is 0 Å². The van der Waals surface area contributed by atoms with Gasteiger partial charge < -0.3 is 10.1 Å². The molecule has 1 heterocycles. The van der Waals surface area contributed by atoms with E-state index in [1.54, 1.807) is 0 Å². The number of fused-ring (bicyclic) bond motifs is 1. The van der Waals surface area contributed by atoms with Gasteiger partial charge in [-0.05, 0) is 23.6 Å². The lowest BCUT2D eigenvalue weighted by molar-refractivity contribution is -0.123. The van der Waals surface area contributed by atoms with Crippen molar-refractivity contribution in [3.63, 3.8) is 0 Å². The predicted octanol–water partition coefficient (Wildman–Crippen LogP) is 2.98. The zero-order valence-electron chi connectivity index (χ0n) is 11.7. The molecular weight excluding hydrogens is 320 g/mol. The molecule has 5 heteroatoms. The Morgan fingerprint density at radius 3 is 2.85 bits per heavy atom. The second-order valence-corrected chi connectivity index (χ2v) is 6.90. The van der Waals surface area contributed by atoms with Crippen LogP contribution in [0.3, 0.4) is 0 Å². The number of nitrogens with one attached hydrogen (secondary N) is 1. The normalized spacial score (nSPS) is 18.6. The maximum Gasteiger partial charge on any atom is 0.232 e. The third kappa shape index (κ3) is 2.96. The van der Waals surface area contributed by atoms with Crippen molar-refractivity contribution < 1.29 is 9.53 Å². The molecule has 0 aromatic heterocycles. The van der Waals surface area contributed by atoms with Crippen LogP contribution in [-0.4, -0.2) is 18.6 Å². The molecule has 1 aliphatic heterocycles. The molecule has 0 saturated carbocycles. The quantitative estimate of drug-likeness (QED) is 0.902. The van der Waals surface area contributed by atoms with Crippen LogP contribution in [0.15, 0.2) is 22.7 Å². The maximum atomic E-state index is 12.4. The third-order valence-corrected chi connectivity index (χ3v) is 3.84. The summed E-state index contributed by atoms with van der Waals surface area (Å²) in [6.45, 7) is 6.10. The molecule has 1 aliphatic rings. The first-order valence-electron chi connectivity index (χ1n) is 6.45. The zero-order chi connectivity index (χ0) is 14.9. The van der Waals surface area contributed by atoms with Gasteiger partial charge in [-0.25, -0.2) is 0 Å². The number of amides is 1. The lowest BCUT2D eigenvalue weighted by atomic mass is 9.87. The van der Waals surface area contributed by atoms with Crippen molar-refractivity contribution in [3.05, 3.63) is 28.2 Å². The minimum absolute atomic E-state index is 0.164. The fourth-order valence-electron chi connectivity index (χ4n) is 2.09. The van der Waals surface area contributed by atoms with Gasteiger partial charge in [0.2, 0.25) is 5.91 Å². The summed E-state index contributed by atoms with van der Waals surface area (Å²) in [4.78, 5) is 12.4. The number of hydrogen-bond donors (Lipinski definition) is 1. The molecule has 1 aromatic rings. The minimum Gasteiger partial charge on any atom is -0.492 e. The van der Waals surface area contributed by atoms with Crippen LogP contribution in [0.1, 0.15) is 32.3 Å². The molecule has 1 aromatic carbocycles. The van der Waals surface area contributed by atoms with Gasteiger partial charge in [0.05, 0.1) is 6.07 Å². The molecular formula is C15H17BrN2O2. The van der Waals surface area contributed by atoms with Gasteiger partial charge >= 0.3 is 0 Å². The summed E-state index contributed by atoms with van der Waals surface area (Å²) in [5, 5.41) is 12.0. The van der Waals surface area contributed by atoms with Crippen molar-refractivity contribution in [3.8, 4) is 11.8 Å². The lowest BCUT2D eigenvalue weighted by Gasteiger charge is -2.26. The Morgan fingerprint density at radius 2 is 2.25 bits per heavy atom. The maximum absolute atomic E-state index is 12.4. The van der Waals surface area contributed by atoms with Crippen molar-refractivity contribution in [2.24, 2.45) is 5.41 Å². The molecule has 0 bridgehead atoms. The average Bonchev–Trinajstić information content (AvgIpc) is 2.77. The Morgan fingerprint density at radius 1 is 1.55 bits per heavy atom. The molecule has 4 nitrogen and oxygen atoms in total. The number of halogens is 1. The molecule has 106 valence electrons. The zero-order valence-corrected chi connectivity index (χ0v) is 13.3. The van der Waals surface area contributed by atoms with E-state index in [-0.39, 0.29) is 17.2 Å². The van der Waals surface area contributed by atoms with E-state index in [0.29, 0.717) is 6.61 Å². The van der Waals surface area contributed by atoms with Crippen LogP contribution in [0.5, 0.6) is 5.75 Å². The highest BCUT2D eigenvalue weighted by atomic mass is 79.9. The first-order valence-corrected chi connectivity index (χ1v) is 7.24. The van der Waals surface area contributed by atoms with E-state index >= 15 is 0 Å². The first-order chi connectivity index (χ1) is 9.32. The third-order valence-electron chi connectivity index (χ3n) is 3.35. The highest BCUT2D eigenvalue weighted by Gasteiger charge is 2.34. The topological polar surface area (TPSA) is 62.1 Å². The largest absolute Gasteiger partial charge is 0.492 e. The van der Waals surface area contributed by atoms with E-state index in [9.17, 15) is 10.1 Å². The van der Waals surface area contributed by atoms with E-state index in [1.807, 2.05) is 39.0 Å². The molecule has 0 spiro atoms. The fourth-order valence-corrected chi connectivity index (χ4v) is 2.47.